The van der Waals surface area contributed by atoms with E-state index in [0.717, 1.165) is 5.56 Å². The fraction of sp³-hybridized carbons (Fsp3) is 0.211. The summed E-state index contributed by atoms with van der Waals surface area (Å²) >= 11 is 23.3. The number of nitrogens with one attached hydrogen (secondary N) is 1. The van der Waals surface area contributed by atoms with Crippen LogP contribution in [0.25, 0.3) is 5.70 Å². The molecule has 0 amide bonds. The number of pyridine rings is 1. The Balaban J connectivity index is 2.12. The first-order chi connectivity index (χ1) is 13.3. The van der Waals surface area contributed by atoms with Crippen molar-refractivity contribution < 1.29 is 14.3 Å². The minimum Gasteiger partial charge on any atom is -0.494 e. The highest BCUT2D eigenvalue weighted by Gasteiger charge is 2.15. The molecule has 1 N–H and O–H groups in total. The maximum atomic E-state index is 6.29. The number of hydroxylamine groups is 1. The molecule has 0 aliphatic carbocycles. The topological polar surface area (TPSA) is 52.6 Å². The van der Waals surface area contributed by atoms with Crippen molar-refractivity contribution in [1.82, 2.24) is 10.5 Å². The Bertz CT molecular complexity index is 853. The zero-order valence-electron chi connectivity index (χ0n) is 15.1. The molecule has 0 radical (unpaired) electrons. The van der Waals surface area contributed by atoms with Gasteiger partial charge in [-0.3, -0.25) is 10.3 Å². The molecule has 0 saturated carbocycles. The number of nitrogens with zero attached hydrogens (tertiary/aromatic N) is 1. The fourth-order valence-electron chi connectivity index (χ4n) is 2.19. The van der Waals surface area contributed by atoms with Crippen molar-refractivity contribution in [2.45, 2.75) is 13.0 Å². The van der Waals surface area contributed by atoms with Crippen LogP contribution < -0.4 is 15.0 Å². The van der Waals surface area contributed by atoms with Crippen LogP contribution in [0.1, 0.15) is 24.2 Å². The molecule has 1 aromatic carbocycles. The third-order valence-corrected chi connectivity index (χ3v) is 4.43. The van der Waals surface area contributed by atoms with E-state index in [1.807, 2.05) is 13.0 Å². The lowest BCUT2D eigenvalue weighted by molar-refractivity contribution is 0.0147. The molecule has 1 heterocycles. The zero-order chi connectivity index (χ0) is 20.7. The van der Waals surface area contributed by atoms with E-state index in [1.54, 1.807) is 24.4 Å². The van der Waals surface area contributed by atoms with Crippen LogP contribution in [0.15, 0.2) is 47.6 Å². The van der Waals surface area contributed by atoms with Crippen molar-refractivity contribution in [3.8, 4) is 11.5 Å². The molecule has 0 aliphatic heterocycles. The molecule has 0 fully saturated rings. The van der Waals surface area contributed by atoms with E-state index in [9.17, 15) is 0 Å². The van der Waals surface area contributed by atoms with E-state index < -0.39 is 0 Å². The van der Waals surface area contributed by atoms with E-state index >= 15 is 0 Å². The lowest BCUT2D eigenvalue weighted by atomic mass is 10.1. The Hall–Kier alpha value is -1.63. The second-order valence-corrected chi connectivity index (χ2v) is 7.35. The highest BCUT2D eigenvalue weighted by molar-refractivity contribution is 6.55. The number of hydrogen-bond donors (Lipinski definition) is 1. The normalized spacial score (nSPS) is 11.5. The molecule has 1 atom stereocenters. The molecule has 28 heavy (non-hydrogen) atoms. The highest BCUT2D eigenvalue weighted by Crippen LogP contribution is 2.36. The van der Waals surface area contributed by atoms with Gasteiger partial charge in [-0.2, -0.15) is 0 Å². The van der Waals surface area contributed by atoms with E-state index in [-0.39, 0.29) is 17.2 Å². The number of methoxy groups -OCH3 is 1. The Kier molecular flexibility index (Phi) is 8.73. The monoisotopic (exact) mass is 462 g/mol. The summed E-state index contributed by atoms with van der Waals surface area (Å²) in [6, 6.07) is 6.85. The molecule has 1 aromatic heterocycles. The first-order valence-electron chi connectivity index (χ1n) is 8.05. The van der Waals surface area contributed by atoms with Crippen LogP contribution in [0.2, 0.25) is 10.2 Å². The predicted octanol–water partition coefficient (Wildman–Crippen LogP) is 6.35. The predicted molar refractivity (Wildman–Crippen MR) is 114 cm³/mol. The van der Waals surface area contributed by atoms with Gasteiger partial charge in [0.2, 0.25) is 0 Å². The number of aromatic nitrogens is 1. The number of hydrogen-bond acceptors (Lipinski definition) is 5. The molecule has 5 nitrogen and oxygen atoms in total. The van der Waals surface area contributed by atoms with Crippen molar-refractivity contribution >= 4 is 52.1 Å². The first-order valence-corrected chi connectivity index (χ1v) is 9.57. The van der Waals surface area contributed by atoms with Crippen LogP contribution in [0.4, 0.5) is 0 Å². The van der Waals surface area contributed by atoms with Gasteiger partial charge in [0, 0.05) is 23.4 Å². The summed E-state index contributed by atoms with van der Waals surface area (Å²) in [6.45, 7) is 6.02. The van der Waals surface area contributed by atoms with Gasteiger partial charge in [0.1, 0.15) is 33.9 Å². The van der Waals surface area contributed by atoms with Gasteiger partial charge in [-0.1, -0.05) is 59.0 Å². The third kappa shape index (κ3) is 6.47. The lowest BCUT2D eigenvalue weighted by Crippen LogP contribution is -2.16. The average molecular weight is 464 g/mol. The van der Waals surface area contributed by atoms with Gasteiger partial charge < -0.3 is 9.47 Å². The van der Waals surface area contributed by atoms with Crippen molar-refractivity contribution in [2.24, 2.45) is 0 Å². The van der Waals surface area contributed by atoms with Crippen LogP contribution in [0.5, 0.6) is 11.5 Å². The highest BCUT2D eigenvalue weighted by atomic mass is 35.5. The largest absolute Gasteiger partial charge is 0.494 e. The van der Waals surface area contributed by atoms with Gasteiger partial charge >= 0.3 is 0 Å². The first kappa shape index (κ1) is 22.7. The molecule has 0 bridgehead atoms. The van der Waals surface area contributed by atoms with Gasteiger partial charge in [0.05, 0.1) is 17.8 Å². The second-order valence-electron chi connectivity index (χ2n) is 5.55. The average Bonchev–Trinajstić information content (AvgIpc) is 2.65. The molecular weight excluding hydrogens is 446 g/mol. The molecule has 0 spiro atoms. The summed E-state index contributed by atoms with van der Waals surface area (Å²) < 4.78 is 11.1. The van der Waals surface area contributed by atoms with E-state index in [2.05, 4.69) is 17.0 Å². The maximum Gasteiger partial charge on any atom is 0.147 e. The fourth-order valence-corrected chi connectivity index (χ4v) is 2.72. The molecular formula is C19H18Cl4N2O3. The summed E-state index contributed by atoms with van der Waals surface area (Å²) in [5.41, 5.74) is 4.67. The van der Waals surface area contributed by atoms with E-state index in [4.69, 9.17) is 60.7 Å². The van der Waals surface area contributed by atoms with Gasteiger partial charge in [0.25, 0.3) is 0 Å². The summed E-state index contributed by atoms with van der Waals surface area (Å²) in [7, 11) is 1.51. The van der Waals surface area contributed by atoms with Crippen LogP contribution in [0.3, 0.4) is 0 Å². The van der Waals surface area contributed by atoms with Crippen molar-refractivity contribution in [3.63, 3.8) is 0 Å². The molecule has 1 unspecified atom stereocenters. The minimum atomic E-state index is -0.307. The molecule has 2 aromatic rings. The van der Waals surface area contributed by atoms with Crippen LogP contribution in [0, 0.1) is 0 Å². The molecule has 0 aliphatic rings. The van der Waals surface area contributed by atoms with Crippen molar-refractivity contribution in [1.29, 1.82) is 0 Å². The molecule has 9 heteroatoms. The Morgan fingerprint density at radius 3 is 2.64 bits per heavy atom. The van der Waals surface area contributed by atoms with Crippen LogP contribution in [-0.2, 0) is 4.84 Å². The molecule has 0 saturated heterocycles. The van der Waals surface area contributed by atoms with Gasteiger partial charge in [-0.25, -0.2) is 4.98 Å². The lowest BCUT2D eigenvalue weighted by Gasteiger charge is -2.18. The summed E-state index contributed by atoms with van der Waals surface area (Å²) in [5, 5.41) is 0.767. The molecule has 150 valence electrons. The summed E-state index contributed by atoms with van der Waals surface area (Å²) in [4.78, 5) is 9.69. The molecule has 2 rings (SSSR count). The number of rotatable bonds is 9. The van der Waals surface area contributed by atoms with Gasteiger partial charge in [-0.15, -0.1) is 0 Å². The number of ether oxygens (including phenoxy) is 2. The van der Waals surface area contributed by atoms with Crippen LogP contribution >= 0.6 is 46.4 Å². The number of halogens is 4. The second kappa shape index (κ2) is 10.8. The zero-order valence-corrected chi connectivity index (χ0v) is 18.2. The smallest absolute Gasteiger partial charge is 0.147 e. The van der Waals surface area contributed by atoms with Crippen molar-refractivity contribution in [3.05, 3.63) is 68.9 Å². The third-order valence-electron chi connectivity index (χ3n) is 3.61. The van der Waals surface area contributed by atoms with Gasteiger partial charge in [-0.05, 0) is 25.1 Å². The van der Waals surface area contributed by atoms with E-state index in [1.165, 1.54) is 13.2 Å². The van der Waals surface area contributed by atoms with Crippen LogP contribution in [-0.4, -0.2) is 18.7 Å². The Morgan fingerprint density at radius 1 is 1.29 bits per heavy atom. The van der Waals surface area contributed by atoms with Gasteiger partial charge in [0.15, 0.2) is 0 Å². The maximum absolute atomic E-state index is 6.29. The summed E-state index contributed by atoms with van der Waals surface area (Å²) in [5.74, 6) is 0.923. The Labute approximate surface area is 183 Å². The standard InChI is InChI=1S/C19H18Cl4N2O3/c1-11(25-28-12(2)13-4-5-18(23)24-10-13)15-8-14(27-7-6-17(21)22)9-16(20)19(15)26-3/h4-6,8-10,12,25H,1,7H2,2-3H3. The SMILES string of the molecule is C=C(NOC(C)c1ccc(Cl)nc1)c1cc(OCC=C(Cl)Cl)cc(Cl)c1OC. The summed E-state index contributed by atoms with van der Waals surface area (Å²) in [6.07, 6.45) is 2.84. The van der Waals surface area contributed by atoms with Crippen molar-refractivity contribution in [2.75, 3.05) is 13.7 Å². The Morgan fingerprint density at radius 2 is 2.04 bits per heavy atom. The quantitative estimate of drug-likeness (QED) is 0.347. The minimum absolute atomic E-state index is 0.116. The number of benzene rings is 1. The van der Waals surface area contributed by atoms with E-state index in [0.29, 0.717) is 32.9 Å².